The van der Waals surface area contributed by atoms with E-state index in [0.717, 1.165) is 17.0 Å². The number of benzene rings is 1. The summed E-state index contributed by atoms with van der Waals surface area (Å²) in [7, 11) is 0. The van der Waals surface area contributed by atoms with Crippen LogP contribution in [0.4, 0.5) is 0 Å². The summed E-state index contributed by atoms with van der Waals surface area (Å²) in [6, 6.07) is 13.8. The molecule has 0 amide bonds. The molecule has 0 saturated heterocycles. The Morgan fingerprint density at radius 2 is 2.00 bits per heavy atom. The van der Waals surface area contributed by atoms with Gasteiger partial charge >= 0.3 is 0 Å². The number of rotatable bonds is 6. The average molecular weight is 286 g/mol. The largest absolute Gasteiger partial charge is 0.494 e. The number of ether oxygens (including phenoxy) is 1. The Morgan fingerprint density at radius 3 is 2.80 bits per heavy atom. The Kier molecular flexibility index (Phi) is 4.03. The van der Waals surface area contributed by atoms with Crippen molar-refractivity contribution in [3.8, 4) is 16.5 Å². The van der Waals surface area contributed by atoms with Crippen LogP contribution in [-0.4, -0.2) is 26.8 Å². The van der Waals surface area contributed by atoms with E-state index in [0.29, 0.717) is 19.0 Å². The average Bonchev–Trinajstić information content (AvgIpc) is 3.15. The summed E-state index contributed by atoms with van der Waals surface area (Å²) in [6.07, 6.45) is 0.842. The quantitative estimate of drug-likeness (QED) is 0.654. The lowest BCUT2D eigenvalue weighted by Crippen LogP contribution is -2.07. The lowest BCUT2D eigenvalue weighted by molar-refractivity contribution is 0.293. The summed E-state index contributed by atoms with van der Waals surface area (Å²) < 4.78 is 5.62. The molecule has 0 spiro atoms. The van der Waals surface area contributed by atoms with Gasteiger partial charge in [0, 0.05) is 6.42 Å². The SMILES string of the molecule is c1ccc(OCCCn2nnc(-c3cccs3)n2)cc1. The van der Waals surface area contributed by atoms with Gasteiger partial charge < -0.3 is 4.74 Å². The fourth-order valence-electron chi connectivity index (χ4n) is 1.76. The minimum absolute atomic E-state index is 0.639. The smallest absolute Gasteiger partial charge is 0.214 e. The Hall–Kier alpha value is -2.21. The van der Waals surface area contributed by atoms with Gasteiger partial charge in [-0.05, 0) is 28.8 Å². The molecule has 20 heavy (non-hydrogen) atoms. The van der Waals surface area contributed by atoms with Crippen LogP contribution in [0, 0.1) is 0 Å². The molecule has 0 bridgehead atoms. The second-order valence-corrected chi connectivity index (χ2v) is 5.15. The zero-order valence-corrected chi connectivity index (χ0v) is 11.7. The number of nitrogens with zero attached hydrogens (tertiary/aromatic N) is 4. The maximum atomic E-state index is 5.62. The molecule has 2 heterocycles. The van der Waals surface area contributed by atoms with Crippen molar-refractivity contribution in [3.63, 3.8) is 0 Å². The summed E-state index contributed by atoms with van der Waals surface area (Å²) in [5.41, 5.74) is 0. The first kappa shape index (κ1) is 12.8. The van der Waals surface area contributed by atoms with Crippen LogP contribution in [0.2, 0.25) is 0 Å². The predicted octanol–water partition coefficient (Wildman–Crippen LogP) is 2.87. The third-order valence-electron chi connectivity index (χ3n) is 2.71. The second-order valence-electron chi connectivity index (χ2n) is 4.20. The molecule has 0 fully saturated rings. The number of thiophene rings is 1. The van der Waals surface area contributed by atoms with Crippen LogP contribution in [0.15, 0.2) is 47.8 Å². The van der Waals surface area contributed by atoms with Gasteiger partial charge in [0.05, 0.1) is 18.0 Å². The second kappa shape index (κ2) is 6.29. The first-order valence-corrected chi connectivity index (χ1v) is 7.29. The van der Waals surface area contributed by atoms with E-state index in [1.807, 2.05) is 47.8 Å². The van der Waals surface area contributed by atoms with Crippen molar-refractivity contribution in [2.75, 3.05) is 6.61 Å². The maximum absolute atomic E-state index is 5.62. The van der Waals surface area contributed by atoms with Crippen molar-refractivity contribution in [2.24, 2.45) is 0 Å². The topological polar surface area (TPSA) is 52.8 Å². The van der Waals surface area contributed by atoms with Crippen LogP contribution in [0.3, 0.4) is 0 Å². The Bertz CT molecular complexity index is 636. The van der Waals surface area contributed by atoms with Gasteiger partial charge in [0.1, 0.15) is 5.75 Å². The Morgan fingerprint density at radius 1 is 1.10 bits per heavy atom. The van der Waals surface area contributed by atoms with Gasteiger partial charge in [0.15, 0.2) is 0 Å². The number of para-hydroxylation sites is 1. The van der Waals surface area contributed by atoms with Crippen molar-refractivity contribution >= 4 is 11.3 Å². The minimum Gasteiger partial charge on any atom is -0.494 e. The van der Waals surface area contributed by atoms with E-state index in [9.17, 15) is 0 Å². The van der Waals surface area contributed by atoms with E-state index in [1.165, 1.54) is 0 Å². The molecule has 1 aromatic carbocycles. The van der Waals surface area contributed by atoms with Crippen LogP contribution in [0.5, 0.6) is 5.75 Å². The number of tetrazole rings is 1. The van der Waals surface area contributed by atoms with Crippen LogP contribution in [-0.2, 0) is 6.54 Å². The van der Waals surface area contributed by atoms with E-state index in [4.69, 9.17) is 4.74 Å². The molecule has 0 unspecified atom stereocenters. The highest BCUT2D eigenvalue weighted by Crippen LogP contribution is 2.19. The molecule has 5 nitrogen and oxygen atoms in total. The fourth-order valence-corrected chi connectivity index (χ4v) is 2.40. The zero-order valence-electron chi connectivity index (χ0n) is 10.8. The van der Waals surface area contributed by atoms with E-state index in [1.54, 1.807) is 16.1 Å². The molecule has 6 heteroatoms. The molecule has 0 radical (unpaired) electrons. The van der Waals surface area contributed by atoms with E-state index < -0.39 is 0 Å². The number of hydrogen-bond acceptors (Lipinski definition) is 5. The molecule has 0 aliphatic carbocycles. The van der Waals surface area contributed by atoms with Crippen molar-refractivity contribution in [2.45, 2.75) is 13.0 Å². The highest BCUT2D eigenvalue weighted by atomic mass is 32.1. The summed E-state index contributed by atoms with van der Waals surface area (Å²) in [5.74, 6) is 1.57. The van der Waals surface area contributed by atoms with E-state index in [2.05, 4.69) is 15.4 Å². The highest BCUT2D eigenvalue weighted by molar-refractivity contribution is 7.13. The molecule has 3 aromatic rings. The van der Waals surface area contributed by atoms with Crippen LogP contribution < -0.4 is 4.74 Å². The standard InChI is InChI=1S/C14H14N4OS/c1-2-6-12(7-3-1)19-10-5-9-18-16-14(15-17-18)13-8-4-11-20-13/h1-4,6-8,11H,5,9-10H2. The molecular formula is C14H14N4OS. The molecule has 0 aliphatic heterocycles. The van der Waals surface area contributed by atoms with Gasteiger partial charge in [-0.3, -0.25) is 0 Å². The first-order chi connectivity index (χ1) is 9.92. The minimum atomic E-state index is 0.639. The molecule has 2 aromatic heterocycles. The van der Waals surface area contributed by atoms with Crippen LogP contribution in [0.1, 0.15) is 6.42 Å². The number of aromatic nitrogens is 4. The normalized spacial score (nSPS) is 10.6. The lowest BCUT2D eigenvalue weighted by atomic mass is 10.3. The van der Waals surface area contributed by atoms with Crippen molar-refractivity contribution in [1.29, 1.82) is 0 Å². The molecule has 0 aliphatic rings. The molecule has 0 saturated carbocycles. The monoisotopic (exact) mass is 286 g/mol. The van der Waals surface area contributed by atoms with Crippen LogP contribution >= 0.6 is 11.3 Å². The van der Waals surface area contributed by atoms with Gasteiger partial charge in [0.2, 0.25) is 5.82 Å². The zero-order chi connectivity index (χ0) is 13.6. The predicted molar refractivity (Wildman–Crippen MR) is 77.7 cm³/mol. The third kappa shape index (κ3) is 3.21. The van der Waals surface area contributed by atoms with Crippen molar-refractivity contribution in [1.82, 2.24) is 20.2 Å². The Balaban J connectivity index is 1.47. The van der Waals surface area contributed by atoms with Crippen LogP contribution in [0.25, 0.3) is 10.7 Å². The van der Waals surface area contributed by atoms with Gasteiger partial charge in [-0.15, -0.1) is 21.5 Å². The first-order valence-electron chi connectivity index (χ1n) is 6.41. The maximum Gasteiger partial charge on any atom is 0.214 e. The Labute approximate surface area is 120 Å². The van der Waals surface area contributed by atoms with E-state index >= 15 is 0 Å². The summed E-state index contributed by atoms with van der Waals surface area (Å²) in [5, 5.41) is 14.4. The van der Waals surface area contributed by atoms with E-state index in [-0.39, 0.29) is 0 Å². The number of aryl methyl sites for hydroxylation is 1. The van der Waals surface area contributed by atoms with Gasteiger partial charge in [-0.1, -0.05) is 24.3 Å². The van der Waals surface area contributed by atoms with Gasteiger partial charge in [-0.25, -0.2) is 0 Å². The lowest BCUT2D eigenvalue weighted by Gasteiger charge is -2.04. The highest BCUT2D eigenvalue weighted by Gasteiger charge is 2.06. The van der Waals surface area contributed by atoms with Gasteiger partial charge in [-0.2, -0.15) is 4.80 Å². The molecule has 0 atom stereocenters. The van der Waals surface area contributed by atoms with Crippen molar-refractivity contribution in [3.05, 3.63) is 47.8 Å². The summed E-state index contributed by atoms with van der Waals surface area (Å²) in [6.45, 7) is 1.34. The molecule has 3 rings (SSSR count). The summed E-state index contributed by atoms with van der Waals surface area (Å²) >= 11 is 1.61. The van der Waals surface area contributed by atoms with Gasteiger partial charge in [0.25, 0.3) is 0 Å². The van der Waals surface area contributed by atoms with Crippen molar-refractivity contribution < 1.29 is 4.74 Å². The molecule has 0 N–H and O–H groups in total. The molecular weight excluding hydrogens is 272 g/mol. The summed E-state index contributed by atoms with van der Waals surface area (Å²) in [4.78, 5) is 2.65. The fraction of sp³-hybridized carbons (Fsp3) is 0.214. The number of hydrogen-bond donors (Lipinski definition) is 0. The third-order valence-corrected chi connectivity index (χ3v) is 3.57. The molecule has 102 valence electrons.